The molecule has 4 nitrogen and oxygen atoms in total. The van der Waals surface area contributed by atoms with Crippen LogP contribution in [0.25, 0.3) is 11.3 Å². The Labute approximate surface area is 121 Å². The summed E-state index contributed by atoms with van der Waals surface area (Å²) in [7, 11) is 0. The minimum absolute atomic E-state index is 0.00846. The lowest BCUT2D eigenvalue weighted by Crippen LogP contribution is -2.31. The lowest BCUT2D eigenvalue weighted by atomic mass is 9.81. The standard InChI is InChI=1S/C16H24N4/c1-15(2,3)10-16(4,5)20-11-18-9-13(20)12-6-7-14(17)19-8-12/h6-9,11H,10H2,1-5H3,(H2,17,19). The van der Waals surface area contributed by atoms with Crippen LogP contribution in [0, 0.1) is 5.41 Å². The van der Waals surface area contributed by atoms with Crippen molar-refractivity contribution in [3.63, 3.8) is 0 Å². The van der Waals surface area contributed by atoms with Gasteiger partial charge in [0, 0.05) is 17.3 Å². The van der Waals surface area contributed by atoms with E-state index in [0.717, 1.165) is 17.7 Å². The fraction of sp³-hybridized carbons (Fsp3) is 0.500. The van der Waals surface area contributed by atoms with E-state index in [2.05, 4.69) is 49.2 Å². The third-order valence-corrected chi connectivity index (χ3v) is 3.34. The van der Waals surface area contributed by atoms with Crippen LogP contribution in [0.2, 0.25) is 0 Å². The first-order valence-electron chi connectivity index (χ1n) is 6.94. The maximum absolute atomic E-state index is 5.65. The molecule has 0 spiro atoms. The second-order valence-electron chi connectivity index (χ2n) is 7.17. The molecule has 4 heteroatoms. The SMILES string of the molecule is CC(C)(C)CC(C)(C)n1cncc1-c1ccc(N)nc1. The molecule has 0 saturated heterocycles. The van der Waals surface area contributed by atoms with Gasteiger partial charge in [0.05, 0.1) is 18.2 Å². The lowest BCUT2D eigenvalue weighted by molar-refractivity contribution is 0.216. The summed E-state index contributed by atoms with van der Waals surface area (Å²) < 4.78 is 2.23. The number of hydrogen-bond donors (Lipinski definition) is 1. The van der Waals surface area contributed by atoms with Crippen molar-refractivity contribution in [3.05, 3.63) is 30.9 Å². The van der Waals surface area contributed by atoms with Crippen LogP contribution in [-0.4, -0.2) is 14.5 Å². The molecule has 2 heterocycles. The van der Waals surface area contributed by atoms with E-state index in [-0.39, 0.29) is 11.0 Å². The molecule has 20 heavy (non-hydrogen) atoms. The zero-order chi connectivity index (χ0) is 15.0. The fourth-order valence-corrected chi connectivity index (χ4v) is 2.93. The third-order valence-electron chi connectivity index (χ3n) is 3.34. The molecule has 2 aromatic rings. The Morgan fingerprint density at radius 2 is 1.80 bits per heavy atom. The molecule has 0 aliphatic heterocycles. The molecule has 2 aromatic heterocycles. The summed E-state index contributed by atoms with van der Waals surface area (Å²) in [5.74, 6) is 0.536. The molecule has 0 amide bonds. The Morgan fingerprint density at radius 1 is 1.10 bits per heavy atom. The van der Waals surface area contributed by atoms with Crippen LogP contribution < -0.4 is 5.73 Å². The van der Waals surface area contributed by atoms with Crippen LogP contribution in [0.4, 0.5) is 5.82 Å². The van der Waals surface area contributed by atoms with Gasteiger partial charge in [0.15, 0.2) is 0 Å². The van der Waals surface area contributed by atoms with Crippen molar-refractivity contribution in [2.45, 2.75) is 46.6 Å². The van der Waals surface area contributed by atoms with Gasteiger partial charge in [-0.3, -0.25) is 0 Å². The normalized spacial score (nSPS) is 12.7. The van der Waals surface area contributed by atoms with E-state index in [1.165, 1.54) is 0 Å². The summed E-state index contributed by atoms with van der Waals surface area (Å²) >= 11 is 0. The van der Waals surface area contributed by atoms with Crippen LogP contribution in [0.15, 0.2) is 30.9 Å². The highest BCUT2D eigenvalue weighted by molar-refractivity contribution is 5.59. The van der Waals surface area contributed by atoms with Crippen molar-refractivity contribution in [2.24, 2.45) is 5.41 Å². The highest BCUT2D eigenvalue weighted by Crippen LogP contribution is 2.35. The second-order valence-corrected chi connectivity index (χ2v) is 7.17. The van der Waals surface area contributed by atoms with Gasteiger partial charge < -0.3 is 10.3 Å². The van der Waals surface area contributed by atoms with Crippen molar-refractivity contribution in [1.29, 1.82) is 0 Å². The molecule has 2 N–H and O–H groups in total. The number of rotatable bonds is 3. The van der Waals surface area contributed by atoms with E-state index >= 15 is 0 Å². The first-order chi connectivity index (χ1) is 9.19. The minimum atomic E-state index is -0.00846. The van der Waals surface area contributed by atoms with Crippen molar-refractivity contribution >= 4 is 5.82 Å². The Hall–Kier alpha value is -1.84. The number of nitrogens with two attached hydrogens (primary N) is 1. The van der Waals surface area contributed by atoms with Gasteiger partial charge in [-0.2, -0.15) is 0 Å². The monoisotopic (exact) mass is 272 g/mol. The predicted molar refractivity (Wildman–Crippen MR) is 83.3 cm³/mol. The lowest BCUT2D eigenvalue weighted by Gasteiger charge is -2.35. The minimum Gasteiger partial charge on any atom is -0.384 e. The van der Waals surface area contributed by atoms with E-state index in [4.69, 9.17) is 5.73 Å². The van der Waals surface area contributed by atoms with Gasteiger partial charge in [-0.1, -0.05) is 20.8 Å². The van der Waals surface area contributed by atoms with Gasteiger partial charge in [-0.25, -0.2) is 9.97 Å². The van der Waals surface area contributed by atoms with Gasteiger partial charge in [0.2, 0.25) is 0 Å². The summed E-state index contributed by atoms with van der Waals surface area (Å²) in [4.78, 5) is 8.49. The van der Waals surface area contributed by atoms with E-state index in [1.807, 2.05) is 24.7 Å². The maximum Gasteiger partial charge on any atom is 0.123 e. The Morgan fingerprint density at radius 3 is 2.35 bits per heavy atom. The molecule has 0 aliphatic carbocycles. The number of hydrogen-bond acceptors (Lipinski definition) is 3. The zero-order valence-electron chi connectivity index (χ0n) is 13.0. The van der Waals surface area contributed by atoms with Gasteiger partial charge in [-0.15, -0.1) is 0 Å². The van der Waals surface area contributed by atoms with Gasteiger partial charge in [0.25, 0.3) is 0 Å². The summed E-state index contributed by atoms with van der Waals surface area (Å²) in [5, 5.41) is 0. The number of anilines is 1. The second kappa shape index (κ2) is 4.93. The van der Waals surface area contributed by atoms with Crippen LogP contribution in [-0.2, 0) is 5.54 Å². The summed E-state index contributed by atoms with van der Waals surface area (Å²) in [6.45, 7) is 11.3. The quantitative estimate of drug-likeness (QED) is 0.927. The van der Waals surface area contributed by atoms with E-state index in [9.17, 15) is 0 Å². The molecule has 0 aromatic carbocycles. The van der Waals surface area contributed by atoms with Crippen LogP contribution in [0.3, 0.4) is 0 Å². The smallest absolute Gasteiger partial charge is 0.123 e. The van der Waals surface area contributed by atoms with E-state index < -0.39 is 0 Å². The van der Waals surface area contributed by atoms with Crippen LogP contribution in [0.5, 0.6) is 0 Å². The van der Waals surface area contributed by atoms with E-state index in [1.54, 1.807) is 6.20 Å². The molecular weight excluding hydrogens is 248 g/mol. The average Bonchev–Trinajstić information content (AvgIpc) is 2.76. The Bertz CT molecular complexity index is 573. The van der Waals surface area contributed by atoms with Gasteiger partial charge in [-0.05, 0) is 37.8 Å². The number of nitrogens with zero attached hydrogens (tertiary/aromatic N) is 3. The maximum atomic E-state index is 5.65. The molecule has 0 bridgehead atoms. The van der Waals surface area contributed by atoms with Crippen LogP contribution >= 0.6 is 0 Å². The Balaban J connectivity index is 2.40. The molecule has 0 unspecified atom stereocenters. The third kappa shape index (κ3) is 3.18. The average molecular weight is 272 g/mol. The molecule has 0 saturated carbocycles. The summed E-state index contributed by atoms with van der Waals surface area (Å²) in [5.41, 5.74) is 8.02. The molecule has 0 aliphatic rings. The first kappa shape index (κ1) is 14.6. The number of pyridine rings is 1. The summed E-state index contributed by atoms with van der Waals surface area (Å²) in [6, 6.07) is 3.81. The number of nitrogen functional groups attached to an aromatic ring is 1. The van der Waals surface area contributed by atoms with Crippen molar-refractivity contribution in [2.75, 3.05) is 5.73 Å². The van der Waals surface area contributed by atoms with Gasteiger partial charge >= 0.3 is 0 Å². The topological polar surface area (TPSA) is 56.7 Å². The van der Waals surface area contributed by atoms with Gasteiger partial charge in [0.1, 0.15) is 5.82 Å². The Kier molecular flexibility index (Phi) is 3.59. The molecule has 2 rings (SSSR count). The van der Waals surface area contributed by atoms with Crippen molar-refractivity contribution in [1.82, 2.24) is 14.5 Å². The first-order valence-corrected chi connectivity index (χ1v) is 6.94. The molecule has 0 radical (unpaired) electrons. The molecule has 108 valence electrons. The number of imidazole rings is 1. The molecular formula is C16H24N4. The highest BCUT2D eigenvalue weighted by Gasteiger charge is 2.28. The number of aromatic nitrogens is 3. The van der Waals surface area contributed by atoms with Crippen LogP contribution in [0.1, 0.15) is 41.0 Å². The largest absolute Gasteiger partial charge is 0.384 e. The summed E-state index contributed by atoms with van der Waals surface area (Å²) in [6.07, 6.45) is 6.65. The molecule has 0 atom stereocenters. The van der Waals surface area contributed by atoms with Crippen molar-refractivity contribution < 1.29 is 0 Å². The fourth-order valence-electron chi connectivity index (χ4n) is 2.93. The predicted octanol–water partition coefficient (Wildman–Crippen LogP) is 3.70. The zero-order valence-corrected chi connectivity index (χ0v) is 13.0. The van der Waals surface area contributed by atoms with Crippen molar-refractivity contribution in [3.8, 4) is 11.3 Å². The molecule has 0 fully saturated rings. The highest BCUT2D eigenvalue weighted by atomic mass is 15.1. The van der Waals surface area contributed by atoms with E-state index in [0.29, 0.717) is 5.82 Å².